The van der Waals surface area contributed by atoms with Crippen molar-refractivity contribution in [2.24, 2.45) is 0 Å². The zero-order chi connectivity index (χ0) is 30.5. The van der Waals surface area contributed by atoms with Crippen LogP contribution in [-0.4, -0.2) is 50.0 Å². The predicted octanol–water partition coefficient (Wildman–Crippen LogP) is 6.51. The van der Waals surface area contributed by atoms with Crippen molar-refractivity contribution in [3.8, 4) is 22.6 Å². The van der Waals surface area contributed by atoms with Crippen LogP contribution in [0.3, 0.4) is 0 Å². The van der Waals surface area contributed by atoms with Gasteiger partial charge in [-0.25, -0.2) is 8.42 Å². The van der Waals surface area contributed by atoms with E-state index in [1.54, 1.807) is 12.1 Å². The highest BCUT2D eigenvalue weighted by molar-refractivity contribution is 7.90. The Balaban J connectivity index is 1.53. The van der Waals surface area contributed by atoms with Crippen molar-refractivity contribution in [3.05, 3.63) is 77.4 Å². The molecule has 3 aromatic carbocycles. The zero-order valence-electron chi connectivity index (χ0n) is 24.3. The Morgan fingerprint density at radius 1 is 0.738 bits per heavy atom. The molecule has 0 aliphatic rings. The van der Waals surface area contributed by atoms with Gasteiger partial charge < -0.3 is 19.7 Å². The van der Waals surface area contributed by atoms with Gasteiger partial charge in [-0.15, -0.1) is 0 Å². The van der Waals surface area contributed by atoms with Crippen molar-refractivity contribution in [1.82, 2.24) is 0 Å². The SMILES string of the molecule is Cc1cccc(-c2cc(OCCCCCCc3cccc(OCCCC(=O)O)c3CCC(=O)O)cc(S(C)(=O)=O)c2)c1. The van der Waals surface area contributed by atoms with E-state index in [2.05, 4.69) is 0 Å². The largest absolute Gasteiger partial charge is 0.494 e. The molecular weight excluding hydrogens is 556 g/mol. The Morgan fingerprint density at radius 2 is 1.45 bits per heavy atom. The standard InChI is InChI=1S/C33H40O8S/c1-24-10-7-13-26(20-24)27-21-28(23-29(22-27)42(2,38)39)40-18-6-4-3-5-11-25-12-8-14-31(30(25)16-17-33(36)37)41-19-9-15-32(34)35/h7-8,10,12-14,20-23H,3-6,9,11,15-19H2,1-2H3,(H,34,35)(H,36,37). The third-order valence-electron chi connectivity index (χ3n) is 6.88. The van der Waals surface area contributed by atoms with E-state index >= 15 is 0 Å². The number of hydrogen-bond donors (Lipinski definition) is 2. The number of carboxylic acid groups (broad SMARTS) is 2. The lowest BCUT2D eigenvalue weighted by atomic mass is 9.97. The third-order valence-corrected chi connectivity index (χ3v) is 7.97. The molecule has 0 heterocycles. The van der Waals surface area contributed by atoms with Crippen molar-refractivity contribution in [2.75, 3.05) is 19.5 Å². The van der Waals surface area contributed by atoms with E-state index in [1.165, 1.54) is 6.26 Å². The molecule has 2 N–H and O–H groups in total. The Kier molecular flexibility index (Phi) is 12.4. The van der Waals surface area contributed by atoms with Gasteiger partial charge in [-0.05, 0) is 85.5 Å². The number of carbonyl (C=O) groups is 2. The summed E-state index contributed by atoms with van der Waals surface area (Å²) in [6.45, 7) is 2.72. The van der Waals surface area contributed by atoms with E-state index in [-0.39, 0.29) is 24.3 Å². The first-order valence-electron chi connectivity index (χ1n) is 14.2. The van der Waals surface area contributed by atoms with E-state index in [0.717, 1.165) is 59.9 Å². The van der Waals surface area contributed by atoms with Gasteiger partial charge >= 0.3 is 11.9 Å². The summed E-state index contributed by atoms with van der Waals surface area (Å²) in [5.74, 6) is -0.612. The van der Waals surface area contributed by atoms with Gasteiger partial charge in [-0.2, -0.15) is 0 Å². The van der Waals surface area contributed by atoms with Crippen LogP contribution in [0.25, 0.3) is 11.1 Å². The molecule has 3 aromatic rings. The fourth-order valence-electron chi connectivity index (χ4n) is 4.72. The Bertz CT molecular complexity index is 1460. The highest BCUT2D eigenvalue weighted by Gasteiger charge is 2.14. The van der Waals surface area contributed by atoms with Gasteiger partial charge in [0.1, 0.15) is 11.5 Å². The molecule has 0 fully saturated rings. The molecule has 0 spiro atoms. The van der Waals surface area contributed by atoms with Crippen LogP contribution in [0.4, 0.5) is 0 Å². The van der Waals surface area contributed by atoms with Gasteiger partial charge in [-0.3, -0.25) is 9.59 Å². The van der Waals surface area contributed by atoms with Crippen molar-refractivity contribution >= 4 is 21.8 Å². The van der Waals surface area contributed by atoms with Crippen LogP contribution in [0.15, 0.2) is 65.6 Å². The monoisotopic (exact) mass is 596 g/mol. The summed E-state index contributed by atoms with van der Waals surface area (Å²) in [4.78, 5) is 22.2. The predicted molar refractivity (Wildman–Crippen MR) is 162 cm³/mol. The smallest absolute Gasteiger partial charge is 0.303 e. The first-order valence-corrected chi connectivity index (χ1v) is 16.1. The Labute approximate surface area is 248 Å². The first kappa shape index (κ1) is 32.7. The molecule has 42 heavy (non-hydrogen) atoms. The van der Waals surface area contributed by atoms with E-state index in [4.69, 9.17) is 14.6 Å². The minimum absolute atomic E-state index is 0.00797. The fourth-order valence-corrected chi connectivity index (χ4v) is 5.39. The highest BCUT2D eigenvalue weighted by Crippen LogP contribution is 2.30. The summed E-state index contributed by atoms with van der Waals surface area (Å²) in [6, 6.07) is 18.7. The van der Waals surface area contributed by atoms with E-state index in [9.17, 15) is 23.1 Å². The molecule has 0 saturated heterocycles. The number of aryl methyl sites for hydroxylation is 2. The van der Waals surface area contributed by atoms with E-state index in [0.29, 0.717) is 30.9 Å². The number of carboxylic acids is 2. The topological polar surface area (TPSA) is 127 Å². The lowest BCUT2D eigenvalue weighted by Gasteiger charge is -2.15. The molecule has 226 valence electrons. The van der Waals surface area contributed by atoms with Crippen LogP contribution in [0.5, 0.6) is 11.5 Å². The number of unbranched alkanes of at least 4 members (excludes halogenated alkanes) is 3. The second-order valence-electron chi connectivity index (χ2n) is 10.5. The van der Waals surface area contributed by atoms with Crippen LogP contribution in [0.2, 0.25) is 0 Å². The molecule has 0 aromatic heterocycles. The maximum Gasteiger partial charge on any atom is 0.303 e. The normalized spacial score (nSPS) is 11.3. The summed E-state index contributed by atoms with van der Waals surface area (Å²) in [7, 11) is -3.41. The minimum Gasteiger partial charge on any atom is -0.494 e. The molecular formula is C33H40O8S. The summed E-state index contributed by atoms with van der Waals surface area (Å²) < 4.78 is 36.4. The second-order valence-corrected chi connectivity index (χ2v) is 12.5. The van der Waals surface area contributed by atoms with Gasteiger partial charge in [0.2, 0.25) is 0 Å². The molecule has 0 saturated carbocycles. The van der Waals surface area contributed by atoms with Crippen LogP contribution in [-0.2, 0) is 32.3 Å². The zero-order valence-corrected chi connectivity index (χ0v) is 25.1. The number of rotatable bonds is 18. The van der Waals surface area contributed by atoms with Gasteiger partial charge in [0.15, 0.2) is 9.84 Å². The van der Waals surface area contributed by atoms with Crippen LogP contribution in [0, 0.1) is 6.92 Å². The Morgan fingerprint density at radius 3 is 2.17 bits per heavy atom. The molecule has 3 rings (SSSR count). The van der Waals surface area contributed by atoms with Gasteiger partial charge in [0, 0.05) is 19.1 Å². The summed E-state index contributed by atoms with van der Waals surface area (Å²) in [6.07, 6.45) is 6.30. The molecule has 0 atom stereocenters. The molecule has 0 radical (unpaired) electrons. The molecule has 9 heteroatoms. The van der Waals surface area contributed by atoms with Crippen molar-refractivity contribution in [1.29, 1.82) is 0 Å². The lowest BCUT2D eigenvalue weighted by molar-refractivity contribution is -0.138. The van der Waals surface area contributed by atoms with Crippen molar-refractivity contribution < 1.29 is 37.7 Å². The van der Waals surface area contributed by atoms with E-state index < -0.39 is 21.8 Å². The highest BCUT2D eigenvalue weighted by atomic mass is 32.2. The Hall–Kier alpha value is -3.85. The quantitative estimate of drug-likeness (QED) is 0.159. The van der Waals surface area contributed by atoms with Crippen LogP contribution < -0.4 is 9.47 Å². The second kappa shape index (κ2) is 16.0. The summed E-state index contributed by atoms with van der Waals surface area (Å²) in [5, 5.41) is 18.0. The number of ether oxygens (including phenoxy) is 2. The summed E-state index contributed by atoms with van der Waals surface area (Å²) >= 11 is 0. The van der Waals surface area contributed by atoms with Gasteiger partial charge in [-0.1, -0.05) is 54.8 Å². The van der Waals surface area contributed by atoms with Crippen molar-refractivity contribution in [2.45, 2.75) is 69.6 Å². The van der Waals surface area contributed by atoms with Gasteiger partial charge in [0.05, 0.1) is 18.1 Å². The number of hydrogen-bond acceptors (Lipinski definition) is 6. The average Bonchev–Trinajstić information content (AvgIpc) is 2.93. The number of sulfone groups is 1. The van der Waals surface area contributed by atoms with Gasteiger partial charge in [0.25, 0.3) is 0 Å². The van der Waals surface area contributed by atoms with Crippen molar-refractivity contribution in [3.63, 3.8) is 0 Å². The maximum absolute atomic E-state index is 12.3. The maximum atomic E-state index is 12.3. The summed E-state index contributed by atoms with van der Waals surface area (Å²) in [5.41, 5.74) is 4.73. The third kappa shape index (κ3) is 10.9. The first-order chi connectivity index (χ1) is 20.0. The fraction of sp³-hybridized carbons (Fsp3) is 0.394. The number of aliphatic carboxylic acids is 2. The molecule has 0 aliphatic carbocycles. The minimum atomic E-state index is -3.41. The molecule has 0 amide bonds. The number of benzene rings is 3. The molecule has 8 nitrogen and oxygen atoms in total. The molecule has 0 aliphatic heterocycles. The lowest BCUT2D eigenvalue weighted by Crippen LogP contribution is -2.07. The molecule has 0 unspecified atom stereocenters. The average molecular weight is 597 g/mol. The molecule has 0 bridgehead atoms. The van der Waals surface area contributed by atoms with Crippen LogP contribution in [0.1, 0.15) is 61.6 Å². The van der Waals surface area contributed by atoms with E-state index in [1.807, 2.05) is 55.5 Å². The van der Waals surface area contributed by atoms with Crippen LogP contribution >= 0.6 is 0 Å².